The lowest BCUT2D eigenvalue weighted by Crippen LogP contribution is -2.32. The molecule has 1 fully saturated rings. The van der Waals surface area contributed by atoms with Gasteiger partial charge in [0.2, 0.25) is 0 Å². The SMILES string of the molecule is [N-]=[N+]=NC[C@H]1OC(n2cc(I)c3c(Cl)ncnc32)[C@H](O)[C@@H]1O. The zero-order valence-electron chi connectivity index (χ0n) is 10.9. The van der Waals surface area contributed by atoms with E-state index in [0.29, 0.717) is 16.2 Å². The molecule has 3 heterocycles. The molecule has 0 bridgehead atoms. The van der Waals surface area contributed by atoms with Crippen molar-refractivity contribution in [1.82, 2.24) is 14.5 Å². The Morgan fingerprint density at radius 1 is 1.45 bits per heavy atom. The number of hydrogen-bond donors (Lipinski definition) is 2. The van der Waals surface area contributed by atoms with E-state index in [9.17, 15) is 10.2 Å². The first-order valence-corrected chi connectivity index (χ1v) is 7.69. The molecule has 0 aromatic carbocycles. The normalized spacial score (nSPS) is 28.0. The summed E-state index contributed by atoms with van der Waals surface area (Å²) in [5.74, 6) is 0. The average molecular weight is 437 g/mol. The summed E-state index contributed by atoms with van der Waals surface area (Å²) in [5.41, 5.74) is 8.85. The van der Waals surface area contributed by atoms with Gasteiger partial charge in [-0.2, -0.15) is 0 Å². The summed E-state index contributed by atoms with van der Waals surface area (Å²) in [5, 5.41) is 24.5. The van der Waals surface area contributed by atoms with Crippen LogP contribution in [0.1, 0.15) is 6.23 Å². The van der Waals surface area contributed by atoms with Crippen LogP contribution in [0, 0.1) is 3.57 Å². The van der Waals surface area contributed by atoms with Gasteiger partial charge in [0.25, 0.3) is 0 Å². The van der Waals surface area contributed by atoms with E-state index >= 15 is 0 Å². The summed E-state index contributed by atoms with van der Waals surface area (Å²) in [7, 11) is 0. The molecule has 1 aliphatic heterocycles. The van der Waals surface area contributed by atoms with Crippen molar-refractivity contribution in [2.24, 2.45) is 5.11 Å². The molecule has 11 heteroatoms. The topological polar surface area (TPSA) is 129 Å². The fraction of sp³-hybridized carbons (Fsp3) is 0.455. The summed E-state index contributed by atoms with van der Waals surface area (Å²) < 4.78 is 8.01. The van der Waals surface area contributed by atoms with Gasteiger partial charge >= 0.3 is 0 Å². The number of halogens is 2. The molecule has 0 radical (unpaired) electrons. The smallest absolute Gasteiger partial charge is 0.164 e. The molecule has 0 spiro atoms. The van der Waals surface area contributed by atoms with Gasteiger partial charge in [0.15, 0.2) is 6.23 Å². The molecule has 3 rings (SSSR count). The Hall–Kier alpha value is -1.17. The van der Waals surface area contributed by atoms with E-state index in [4.69, 9.17) is 21.9 Å². The fourth-order valence-corrected chi connectivity index (χ4v) is 3.61. The van der Waals surface area contributed by atoms with E-state index in [1.54, 1.807) is 10.8 Å². The lowest BCUT2D eigenvalue weighted by molar-refractivity contribution is -0.0319. The number of nitrogens with zero attached hydrogens (tertiary/aromatic N) is 6. The molecule has 2 aromatic rings. The quantitative estimate of drug-likeness (QED) is 0.248. The number of azide groups is 1. The highest BCUT2D eigenvalue weighted by molar-refractivity contribution is 14.1. The molecular formula is C11H10ClIN6O3. The lowest BCUT2D eigenvalue weighted by atomic mass is 10.1. The van der Waals surface area contributed by atoms with E-state index in [1.807, 2.05) is 0 Å². The number of hydrogen-bond acceptors (Lipinski definition) is 6. The minimum atomic E-state index is -1.18. The van der Waals surface area contributed by atoms with Crippen LogP contribution in [0.15, 0.2) is 17.6 Å². The number of rotatable bonds is 3. The number of aliphatic hydroxyl groups excluding tert-OH is 2. The highest BCUT2D eigenvalue weighted by atomic mass is 127. The summed E-state index contributed by atoms with van der Waals surface area (Å²) in [4.78, 5) is 10.7. The van der Waals surface area contributed by atoms with E-state index in [2.05, 4.69) is 42.6 Å². The van der Waals surface area contributed by atoms with Crippen molar-refractivity contribution in [2.45, 2.75) is 24.5 Å². The van der Waals surface area contributed by atoms with Gasteiger partial charge in [-0.05, 0) is 28.1 Å². The zero-order chi connectivity index (χ0) is 15.9. The maximum absolute atomic E-state index is 10.2. The molecule has 1 aliphatic rings. The summed E-state index contributed by atoms with van der Waals surface area (Å²) in [6.07, 6.45) is -0.967. The summed E-state index contributed by atoms with van der Waals surface area (Å²) in [6, 6.07) is 0. The number of ether oxygens (including phenoxy) is 1. The van der Waals surface area contributed by atoms with Gasteiger partial charge in [0.1, 0.15) is 29.3 Å². The summed E-state index contributed by atoms with van der Waals surface area (Å²) in [6.45, 7) is -0.0722. The Morgan fingerprint density at radius 3 is 2.95 bits per heavy atom. The van der Waals surface area contributed by atoms with Crippen LogP contribution in [-0.2, 0) is 4.74 Å². The first-order valence-electron chi connectivity index (χ1n) is 6.23. The van der Waals surface area contributed by atoms with Gasteiger partial charge < -0.3 is 19.5 Å². The van der Waals surface area contributed by atoms with Crippen LogP contribution in [0.25, 0.3) is 21.5 Å². The molecule has 0 aliphatic carbocycles. The monoisotopic (exact) mass is 436 g/mol. The highest BCUT2D eigenvalue weighted by Gasteiger charge is 2.43. The number of aliphatic hydroxyl groups is 2. The van der Waals surface area contributed by atoms with Crippen LogP contribution in [0.2, 0.25) is 5.15 Å². The van der Waals surface area contributed by atoms with E-state index in [1.165, 1.54) is 6.33 Å². The Bertz CT molecular complexity index is 764. The maximum Gasteiger partial charge on any atom is 0.164 e. The van der Waals surface area contributed by atoms with Crippen LogP contribution in [0.5, 0.6) is 0 Å². The third-order valence-corrected chi connectivity index (χ3v) is 4.56. The number of fused-ring (bicyclic) bond motifs is 1. The van der Waals surface area contributed by atoms with Gasteiger partial charge in [-0.1, -0.05) is 16.7 Å². The molecular weight excluding hydrogens is 427 g/mol. The Morgan fingerprint density at radius 2 is 2.23 bits per heavy atom. The third-order valence-electron chi connectivity index (χ3n) is 3.45. The second-order valence-corrected chi connectivity index (χ2v) is 6.23. The Balaban J connectivity index is 2.01. The first kappa shape index (κ1) is 15.7. The van der Waals surface area contributed by atoms with E-state index in [0.717, 1.165) is 3.57 Å². The predicted molar refractivity (Wildman–Crippen MR) is 85.2 cm³/mol. The van der Waals surface area contributed by atoms with Gasteiger partial charge in [-0.3, -0.25) is 0 Å². The van der Waals surface area contributed by atoms with Gasteiger partial charge in [0.05, 0.1) is 18.0 Å². The summed E-state index contributed by atoms with van der Waals surface area (Å²) >= 11 is 8.15. The van der Waals surface area contributed by atoms with Crippen molar-refractivity contribution in [2.75, 3.05) is 6.54 Å². The van der Waals surface area contributed by atoms with E-state index < -0.39 is 24.5 Å². The average Bonchev–Trinajstić information content (AvgIpc) is 2.97. The fourth-order valence-electron chi connectivity index (χ4n) is 2.43. The molecule has 116 valence electrons. The van der Waals surface area contributed by atoms with Crippen LogP contribution in [0.3, 0.4) is 0 Å². The van der Waals surface area contributed by atoms with E-state index in [-0.39, 0.29) is 6.54 Å². The third kappa shape index (κ3) is 2.51. The van der Waals surface area contributed by atoms with Crippen LogP contribution in [-0.4, -0.2) is 49.6 Å². The highest BCUT2D eigenvalue weighted by Crippen LogP contribution is 2.35. The Kier molecular flexibility index (Phi) is 4.39. The first-order chi connectivity index (χ1) is 10.5. The molecule has 1 saturated heterocycles. The molecule has 0 amide bonds. The van der Waals surface area contributed by atoms with Crippen molar-refractivity contribution in [3.8, 4) is 0 Å². The van der Waals surface area contributed by atoms with Gasteiger partial charge in [0, 0.05) is 14.7 Å². The standard InChI is InChI=1S/C11H10ClIN6O3/c12-9-6-4(13)2-19(10(6)16-3-15-9)11-8(21)7(20)5(22-11)1-17-18-14/h2-3,5,7-8,11,20-21H,1H2/t5-,7-,8-,11?/m1/s1. The van der Waals surface area contributed by atoms with Gasteiger partial charge in [-0.15, -0.1) is 0 Å². The molecule has 1 unspecified atom stereocenters. The maximum atomic E-state index is 10.2. The minimum Gasteiger partial charge on any atom is -0.388 e. The second kappa shape index (κ2) is 6.14. The molecule has 9 nitrogen and oxygen atoms in total. The van der Waals surface area contributed by atoms with Crippen molar-refractivity contribution >= 4 is 45.2 Å². The molecule has 2 N–H and O–H groups in total. The van der Waals surface area contributed by atoms with Crippen LogP contribution < -0.4 is 0 Å². The van der Waals surface area contributed by atoms with Crippen molar-refractivity contribution in [3.63, 3.8) is 0 Å². The van der Waals surface area contributed by atoms with Crippen molar-refractivity contribution in [1.29, 1.82) is 0 Å². The lowest BCUT2D eigenvalue weighted by Gasteiger charge is -2.17. The molecule has 4 atom stereocenters. The van der Waals surface area contributed by atoms with Crippen LogP contribution >= 0.6 is 34.2 Å². The van der Waals surface area contributed by atoms with Gasteiger partial charge in [-0.25, -0.2) is 9.97 Å². The molecule has 2 aromatic heterocycles. The Labute approximate surface area is 142 Å². The molecule has 0 saturated carbocycles. The predicted octanol–water partition coefficient (Wildman–Crippen LogP) is 1.62. The molecule has 22 heavy (non-hydrogen) atoms. The van der Waals surface area contributed by atoms with Crippen molar-refractivity contribution < 1.29 is 14.9 Å². The van der Waals surface area contributed by atoms with Crippen LogP contribution in [0.4, 0.5) is 0 Å². The minimum absolute atomic E-state index is 0.0722. The number of aromatic nitrogens is 3. The van der Waals surface area contributed by atoms with Crippen molar-refractivity contribution in [3.05, 3.63) is 31.7 Å². The largest absolute Gasteiger partial charge is 0.388 e. The second-order valence-electron chi connectivity index (χ2n) is 4.71. The zero-order valence-corrected chi connectivity index (χ0v) is 13.8.